The summed E-state index contributed by atoms with van der Waals surface area (Å²) in [7, 11) is 0. The third kappa shape index (κ3) is 6.90. The number of aromatic nitrogens is 2. The second kappa shape index (κ2) is 12.1. The van der Waals surface area contributed by atoms with Gasteiger partial charge in [0, 0.05) is 18.4 Å². The van der Waals surface area contributed by atoms with Gasteiger partial charge in [0.05, 0.1) is 13.2 Å². The minimum atomic E-state index is -1.04. The molecule has 0 unspecified atom stereocenters. The lowest BCUT2D eigenvalue weighted by Gasteiger charge is -2.24. The van der Waals surface area contributed by atoms with Gasteiger partial charge in [-0.3, -0.25) is 9.13 Å². The van der Waals surface area contributed by atoms with Gasteiger partial charge in [-0.2, -0.15) is 0 Å². The van der Waals surface area contributed by atoms with Gasteiger partial charge >= 0.3 is 11.7 Å². The lowest BCUT2D eigenvalue weighted by Crippen LogP contribution is -2.39. The molecule has 0 spiro atoms. The molecule has 0 radical (unpaired) electrons. The molecule has 36 heavy (non-hydrogen) atoms. The van der Waals surface area contributed by atoms with Crippen LogP contribution in [0, 0.1) is 13.8 Å². The van der Waals surface area contributed by atoms with Crippen molar-refractivity contribution in [1.82, 2.24) is 9.13 Å². The van der Waals surface area contributed by atoms with E-state index < -0.39 is 5.60 Å². The van der Waals surface area contributed by atoms with Crippen molar-refractivity contribution in [3.05, 3.63) is 87.1 Å². The molecule has 0 bridgehead atoms. The number of carbonyl (C=O) groups is 1. The Morgan fingerprint density at radius 3 is 2.28 bits per heavy atom. The van der Waals surface area contributed by atoms with E-state index in [-0.39, 0.29) is 11.7 Å². The smallest absolute Gasteiger partial charge is 0.349 e. The Hall–Kier alpha value is -3.28. The monoisotopic (exact) mass is 492 g/mol. The molecule has 2 aromatic carbocycles. The fourth-order valence-corrected chi connectivity index (χ4v) is 4.28. The molecule has 3 aromatic rings. The summed E-state index contributed by atoms with van der Waals surface area (Å²) in [6.45, 7) is 13.2. The van der Waals surface area contributed by atoms with Crippen LogP contribution in [0.2, 0.25) is 0 Å². The highest BCUT2D eigenvalue weighted by Crippen LogP contribution is 2.21. The van der Waals surface area contributed by atoms with Crippen molar-refractivity contribution < 1.29 is 14.3 Å². The third-order valence-corrected chi connectivity index (χ3v) is 6.47. The predicted molar refractivity (Wildman–Crippen MR) is 144 cm³/mol. The van der Waals surface area contributed by atoms with Crippen LogP contribution in [0.4, 0.5) is 0 Å². The Bertz CT molecular complexity index is 1220. The van der Waals surface area contributed by atoms with Crippen LogP contribution in [-0.4, -0.2) is 27.3 Å². The molecule has 0 aliphatic heterocycles. The summed E-state index contributed by atoms with van der Waals surface area (Å²) in [6, 6.07) is 14.3. The van der Waals surface area contributed by atoms with E-state index >= 15 is 0 Å². The number of ether oxygens (including phenoxy) is 2. The van der Waals surface area contributed by atoms with Crippen molar-refractivity contribution in [3.8, 4) is 5.75 Å². The van der Waals surface area contributed by atoms with Gasteiger partial charge in [0.1, 0.15) is 5.75 Å². The van der Waals surface area contributed by atoms with Crippen molar-refractivity contribution >= 4 is 5.97 Å². The standard InChI is InChI=1S/C30H40N2O4/c1-7-18-31-21-26(32(29(31)34)20-25-13-12-22(3)23(4)19-25)11-9-10-24-14-16-27(17-15-24)36-30(5,6)28(33)35-8-2/h12-17,19,21H,7-11,18,20H2,1-6H3. The Kier molecular flexibility index (Phi) is 9.19. The quantitative estimate of drug-likeness (QED) is 0.308. The average Bonchev–Trinajstić information content (AvgIpc) is 3.12. The first-order chi connectivity index (χ1) is 17.1. The number of hydrogen-bond donors (Lipinski definition) is 0. The lowest BCUT2D eigenvalue weighted by atomic mass is 10.1. The summed E-state index contributed by atoms with van der Waals surface area (Å²) < 4.78 is 14.7. The summed E-state index contributed by atoms with van der Waals surface area (Å²) in [5.41, 5.74) is 4.94. The number of hydrogen-bond acceptors (Lipinski definition) is 4. The number of nitrogens with zero attached hydrogens (tertiary/aromatic N) is 2. The van der Waals surface area contributed by atoms with E-state index in [2.05, 4.69) is 39.0 Å². The van der Waals surface area contributed by atoms with E-state index in [1.807, 2.05) is 39.6 Å². The molecule has 0 aliphatic rings. The molecule has 0 amide bonds. The molecular weight excluding hydrogens is 452 g/mol. The number of imidazole rings is 1. The Balaban J connectivity index is 1.66. The minimum absolute atomic E-state index is 0.0656. The summed E-state index contributed by atoms with van der Waals surface area (Å²) in [5, 5.41) is 0. The van der Waals surface area contributed by atoms with Gasteiger partial charge in [0.25, 0.3) is 0 Å². The zero-order chi connectivity index (χ0) is 26.3. The van der Waals surface area contributed by atoms with Gasteiger partial charge in [-0.05, 0) is 94.7 Å². The molecular formula is C30H40N2O4. The zero-order valence-corrected chi connectivity index (χ0v) is 22.6. The molecule has 3 rings (SSSR count). The van der Waals surface area contributed by atoms with E-state index in [1.165, 1.54) is 16.7 Å². The second-order valence-electron chi connectivity index (χ2n) is 9.93. The van der Waals surface area contributed by atoms with Crippen LogP contribution in [-0.2, 0) is 35.5 Å². The highest BCUT2D eigenvalue weighted by atomic mass is 16.6. The summed E-state index contributed by atoms with van der Waals surface area (Å²) in [5.74, 6) is 0.256. The van der Waals surface area contributed by atoms with E-state index in [0.717, 1.165) is 43.5 Å². The van der Waals surface area contributed by atoms with Crippen LogP contribution >= 0.6 is 0 Å². The predicted octanol–water partition coefficient (Wildman–Crippen LogP) is 5.62. The first kappa shape index (κ1) is 27.3. The molecule has 194 valence electrons. The molecule has 0 saturated heterocycles. The summed E-state index contributed by atoms with van der Waals surface area (Å²) in [4.78, 5) is 25.2. The van der Waals surface area contributed by atoms with Gasteiger partial charge in [0.2, 0.25) is 0 Å². The van der Waals surface area contributed by atoms with Gasteiger partial charge in [-0.25, -0.2) is 9.59 Å². The molecule has 1 heterocycles. The van der Waals surface area contributed by atoms with Gasteiger partial charge in [-0.1, -0.05) is 37.3 Å². The molecule has 6 nitrogen and oxygen atoms in total. The molecule has 6 heteroatoms. The summed E-state index contributed by atoms with van der Waals surface area (Å²) in [6.07, 6.45) is 5.59. The van der Waals surface area contributed by atoms with Gasteiger partial charge < -0.3 is 9.47 Å². The van der Waals surface area contributed by atoms with Gasteiger partial charge in [-0.15, -0.1) is 0 Å². The fraction of sp³-hybridized carbons (Fsp3) is 0.467. The number of esters is 1. The molecule has 0 saturated carbocycles. The van der Waals surface area contributed by atoms with Crippen LogP contribution in [0.3, 0.4) is 0 Å². The maximum Gasteiger partial charge on any atom is 0.349 e. The zero-order valence-electron chi connectivity index (χ0n) is 22.6. The maximum atomic E-state index is 13.1. The third-order valence-electron chi connectivity index (χ3n) is 6.47. The van der Waals surface area contributed by atoms with Crippen LogP contribution < -0.4 is 10.4 Å². The van der Waals surface area contributed by atoms with Crippen molar-refractivity contribution in [2.45, 2.75) is 85.9 Å². The van der Waals surface area contributed by atoms with Crippen LogP contribution in [0.25, 0.3) is 0 Å². The highest BCUT2D eigenvalue weighted by molar-refractivity contribution is 5.79. The Morgan fingerprint density at radius 1 is 0.944 bits per heavy atom. The number of aryl methyl sites for hydroxylation is 5. The van der Waals surface area contributed by atoms with Crippen molar-refractivity contribution in [1.29, 1.82) is 0 Å². The Morgan fingerprint density at radius 2 is 1.64 bits per heavy atom. The van der Waals surface area contributed by atoms with Crippen molar-refractivity contribution in [2.75, 3.05) is 6.61 Å². The highest BCUT2D eigenvalue weighted by Gasteiger charge is 2.31. The number of benzene rings is 2. The fourth-order valence-electron chi connectivity index (χ4n) is 4.28. The molecule has 0 N–H and O–H groups in total. The van der Waals surface area contributed by atoms with Gasteiger partial charge in [0.15, 0.2) is 5.60 Å². The summed E-state index contributed by atoms with van der Waals surface area (Å²) >= 11 is 0. The number of rotatable bonds is 12. The second-order valence-corrected chi connectivity index (χ2v) is 9.93. The minimum Gasteiger partial charge on any atom is -0.476 e. The van der Waals surface area contributed by atoms with Crippen molar-refractivity contribution in [2.24, 2.45) is 0 Å². The molecule has 0 fully saturated rings. The Labute approximate surface area is 214 Å². The largest absolute Gasteiger partial charge is 0.476 e. The maximum absolute atomic E-state index is 13.1. The topological polar surface area (TPSA) is 62.5 Å². The van der Waals surface area contributed by atoms with E-state index in [9.17, 15) is 9.59 Å². The first-order valence-electron chi connectivity index (χ1n) is 12.9. The SMILES string of the molecule is CCCn1cc(CCCc2ccc(OC(C)(C)C(=O)OCC)cc2)n(Cc2ccc(C)c(C)c2)c1=O. The molecule has 0 atom stereocenters. The molecule has 0 aliphatic carbocycles. The van der Waals surface area contributed by atoms with E-state index in [1.54, 1.807) is 20.8 Å². The normalized spacial score (nSPS) is 11.5. The van der Waals surface area contributed by atoms with E-state index in [0.29, 0.717) is 18.9 Å². The van der Waals surface area contributed by atoms with Crippen molar-refractivity contribution in [3.63, 3.8) is 0 Å². The van der Waals surface area contributed by atoms with E-state index in [4.69, 9.17) is 9.47 Å². The lowest BCUT2D eigenvalue weighted by molar-refractivity contribution is -0.158. The van der Waals surface area contributed by atoms with Crippen LogP contribution in [0.1, 0.15) is 68.5 Å². The number of carbonyl (C=O) groups excluding carboxylic acids is 1. The molecule has 1 aromatic heterocycles. The van der Waals surface area contributed by atoms with Crippen LogP contribution in [0.15, 0.2) is 53.5 Å². The first-order valence-corrected chi connectivity index (χ1v) is 12.9. The van der Waals surface area contributed by atoms with Crippen LogP contribution in [0.5, 0.6) is 5.75 Å². The average molecular weight is 493 g/mol.